The number of rotatable bonds is 6. The summed E-state index contributed by atoms with van der Waals surface area (Å²) in [5.74, 6) is -0.323. The van der Waals surface area contributed by atoms with Crippen LogP contribution in [0.3, 0.4) is 0 Å². The molecule has 78 valence electrons. The molecule has 7 heteroatoms. The average Bonchev–Trinajstić information content (AvgIpc) is 2.58. The molecule has 0 saturated heterocycles. The molecule has 1 aromatic rings. The lowest BCUT2D eigenvalue weighted by Gasteiger charge is -2.01. The fourth-order valence-electron chi connectivity index (χ4n) is 0.895. The van der Waals surface area contributed by atoms with Gasteiger partial charge in [-0.05, 0) is 17.4 Å². The molecule has 0 aromatic carbocycles. The minimum Gasteiger partial charge on any atom is -0.481 e. The molecule has 0 unspecified atom stereocenters. The molecule has 0 amide bonds. The molecule has 1 rings (SSSR count). The van der Waals surface area contributed by atoms with Gasteiger partial charge in [0.15, 0.2) is 5.82 Å². The van der Waals surface area contributed by atoms with Gasteiger partial charge in [-0.2, -0.15) is 0 Å². The van der Waals surface area contributed by atoms with E-state index in [1.807, 2.05) is 6.92 Å². The van der Waals surface area contributed by atoms with Crippen molar-refractivity contribution in [2.24, 2.45) is 0 Å². The molecule has 1 heterocycles. The van der Waals surface area contributed by atoms with Crippen LogP contribution in [0.15, 0.2) is 0 Å². The van der Waals surface area contributed by atoms with Gasteiger partial charge in [0, 0.05) is 6.61 Å². The molecule has 0 fully saturated rings. The van der Waals surface area contributed by atoms with Gasteiger partial charge >= 0.3 is 5.97 Å². The van der Waals surface area contributed by atoms with Gasteiger partial charge in [0.2, 0.25) is 0 Å². The minimum absolute atomic E-state index is 0.00413. The number of carbonyl (C=O) groups is 1. The fraction of sp³-hybridized carbons (Fsp3) is 0.714. The van der Waals surface area contributed by atoms with Crippen molar-refractivity contribution in [1.29, 1.82) is 0 Å². The topological polar surface area (TPSA) is 90.1 Å². The standard InChI is InChI=1S/C7H12N4O3/c1-2-14-5-6-8-9-10-11(6)4-3-7(12)13/h2-5H2,1H3,(H,12,13). The first-order chi connectivity index (χ1) is 6.74. The van der Waals surface area contributed by atoms with Gasteiger partial charge < -0.3 is 9.84 Å². The van der Waals surface area contributed by atoms with E-state index in [0.29, 0.717) is 19.0 Å². The predicted molar refractivity (Wildman–Crippen MR) is 45.4 cm³/mol. The van der Waals surface area contributed by atoms with Crippen molar-refractivity contribution in [1.82, 2.24) is 20.2 Å². The first kappa shape index (κ1) is 10.6. The number of aromatic nitrogens is 4. The molecular formula is C7H12N4O3. The monoisotopic (exact) mass is 200 g/mol. The van der Waals surface area contributed by atoms with Crippen molar-refractivity contribution >= 4 is 5.97 Å². The summed E-state index contributed by atoms with van der Waals surface area (Å²) < 4.78 is 6.55. The number of aliphatic carboxylic acids is 1. The number of nitrogens with zero attached hydrogens (tertiary/aromatic N) is 4. The van der Waals surface area contributed by atoms with Crippen LogP contribution >= 0.6 is 0 Å². The van der Waals surface area contributed by atoms with Crippen molar-refractivity contribution in [2.45, 2.75) is 26.5 Å². The first-order valence-electron chi connectivity index (χ1n) is 4.28. The zero-order chi connectivity index (χ0) is 10.4. The Morgan fingerprint density at radius 2 is 2.43 bits per heavy atom. The van der Waals surface area contributed by atoms with Crippen LogP contribution in [0.1, 0.15) is 19.2 Å². The number of hydrogen-bond donors (Lipinski definition) is 1. The summed E-state index contributed by atoms with van der Waals surface area (Å²) in [6.45, 7) is 3.02. The van der Waals surface area contributed by atoms with Crippen LogP contribution in [0.5, 0.6) is 0 Å². The Balaban J connectivity index is 2.49. The molecule has 0 aliphatic rings. The SMILES string of the molecule is CCOCc1nnnn1CCC(=O)O. The number of ether oxygens (including phenoxy) is 1. The number of tetrazole rings is 1. The van der Waals surface area contributed by atoms with Gasteiger partial charge in [-0.1, -0.05) is 0 Å². The van der Waals surface area contributed by atoms with Gasteiger partial charge in [0.05, 0.1) is 13.0 Å². The third-order valence-corrected chi connectivity index (χ3v) is 1.58. The quantitative estimate of drug-likeness (QED) is 0.677. The Hall–Kier alpha value is -1.50. The second kappa shape index (κ2) is 5.28. The smallest absolute Gasteiger partial charge is 0.305 e. The van der Waals surface area contributed by atoms with E-state index < -0.39 is 5.97 Å². The third kappa shape index (κ3) is 3.09. The first-order valence-corrected chi connectivity index (χ1v) is 4.28. The van der Waals surface area contributed by atoms with E-state index in [1.54, 1.807) is 0 Å². The van der Waals surface area contributed by atoms with Crippen LogP contribution in [0.2, 0.25) is 0 Å². The highest BCUT2D eigenvalue weighted by atomic mass is 16.5. The van der Waals surface area contributed by atoms with Gasteiger partial charge in [-0.15, -0.1) is 5.10 Å². The summed E-state index contributed by atoms with van der Waals surface area (Å²) in [5, 5.41) is 19.3. The van der Waals surface area contributed by atoms with Crippen LogP contribution in [-0.2, 0) is 22.7 Å². The number of carboxylic acid groups (broad SMARTS) is 1. The van der Waals surface area contributed by atoms with Gasteiger partial charge in [0.1, 0.15) is 6.61 Å². The van der Waals surface area contributed by atoms with E-state index >= 15 is 0 Å². The van der Waals surface area contributed by atoms with Crippen LogP contribution in [0, 0.1) is 0 Å². The summed E-state index contributed by atoms with van der Waals surface area (Å²) in [7, 11) is 0. The highest BCUT2D eigenvalue weighted by Crippen LogP contribution is 1.96. The molecule has 1 N–H and O–H groups in total. The molecule has 0 spiro atoms. The number of hydrogen-bond acceptors (Lipinski definition) is 5. The predicted octanol–water partition coefficient (Wildman–Crippen LogP) is -0.316. The highest BCUT2D eigenvalue weighted by molar-refractivity contribution is 5.66. The Kier molecular flexibility index (Phi) is 3.99. The van der Waals surface area contributed by atoms with Gasteiger partial charge in [-0.25, -0.2) is 4.68 Å². The Morgan fingerprint density at radius 1 is 1.64 bits per heavy atom. The normalized spacial score (nSPS) is 10.4. The third-order valence-electron chi connectivity index (χ3n) is 1.58. The summed E-state index contributed by atoms with van der Waals surface area (Å²) in [6.07, 6.45) is 0.00413. The molecule has 14 heavy (non-hydrogen) atoms. The van der Waals surface area contributed by atoms with E-state index in [0.717, 1.165) is 0 Å². The molecule has 1 aromatic heterocycles. The molecule has 0 aliphatic carbocycles. The zero-order valence-electron chi connectivity index (χ0n) is 7.88. The van der Waals surface area contributed by atoms with Gasteiger partial charge in [0.25, 0.3) is 0 Å². The van der Waals surface area contributed by atoms with E-state index in [9.17, 15) is 4.79 Å². The molecular weight excluding hydrogens is 188 g/mol. The van der Waals surface area contributed by atoms with Crippen molar-refractivity contribution in [2.75, 3.05) is 6.61 Å². The summed E-state index contributed by atoms with van der Waals surface area (Å²) in [6, 6.07) is 0. The van der Waals surface area contributed by atoms with E-state index in [4.69, 9.17) is 9.84 Å². The van der Waals surface area contributed by atoms with Crippen LogP contribution in [0.25, 0.3) is 0 Å². The largest absolute Gasteiger partial charge is 0.481 e. The maximum absolute atomic E-state index is 10.3. The Bertz CT molecular complexity index is 299. The van der Waals surface area contributed by atoms with E-state index in [-0.39, 0.29) is 13.0 Å². The van der Waals surface area contributed by atoms with Crippen LogP contribution in [0.4, 0.5) is 0 Å². The lowest BCUT2D eigenvalue weighted by molar-refractivity contribution is -0.137. The van der Waals surface area contributed by atoms with Crippen molar-refractivity contribution in [3.63, 3.8) is 0 Å². The molecule has 0 bridgehead atoms. The van der Waals surface area contributed by atoms with E-state index in [1.165, 1.54) is 4.68 Å². The second-order valence-corrected chi connectivity index (χ2v) is 2.60. The van der Waals surface area contributed by atoms with Crippen LogP contribution < -0.4 is 0 Å². The maximum Gasteiger partial charge on any atom is 0.305 e. The lowest BCUT2D eigenvalue weighted by Crippen LogP contribution is -2.10. The molecule has 0 radical (unpaired) electrons. The lowest BCUT2D eigenvalue weighted by atomic mass is 10.4. The molecule has 0 saturated carbocycles. The van der Waals surface area contributed by atoms with Crippen molar-refractivity contribution in [3.8, 4) is 0 Å². The molecule has 7 nitrogen and oxygen atoms in total. The molecule has 0 atom stereocenters. The van der Waals surface area contributed by atoms with Crippen molar-refractivity contribution < 1.29 is 14.6 Å². The van der Waals surface area contributed by atoms with Crippen molar-refractivity contribution in [3.05, 3.63) is 5.82 Å². The van der Waals surface area contributed by atoms with Gasteiger partial charge in [-0.3, -0.25) is 4.79 Å². The zero-order valence-corrected chi connectivity index (χ0v) is 7.88. The minimum atomic E-state index is -0.872. The fourth-order valence-corrected chi connectivity index (χ4v) is 0.895. The second-order valence-electron chi connectivity index (χ2n) is 2.60. The summed E-state index contributed by atoms with van der Waals surface area (Å²) >= 11 is 0. The highest BCUT2D eigenvalue weighted by Gasteiger charge is 2.06. The number of carboxylic acids is 1. The van der Waals surface area contributed by atoms with E-state index in [2.05, 4.69) is 15.5 Å². The van der Waals surface area contributed by atoms with Crippen LogP contribution in [-0.4, -0.2) is 37.9 Å². The summed E-state index contributed by atoms with van der Waals surface area (Å²) in [5.41, 5.74) is 0. The average molecular weight is 200 g/mol. The number of aryl methyl sites for hydroxylation is 1. The maximum atomic E-state index is 10.3. The summed E-state index contributed by atoms with van der Waals surface area (Å²) in [4.78, 5) is 10.3. The Labute approximate surface area is 80.7 Å². The molecule has 0 aliphatic heterocycles. The Morgan fingerprint density at radius 3 is 3.07 bits per heavy atom.